The maximum atomic E-state index is 11.4. The Labute approximate surface area is 134 Å². The Morgan fingerprint density at radius 2 is 2.05 bits per heavy atom. The molecule has 0 aliphatic rings. The summed E-state index contributed by atoms with van der Waals surface area (Å²) in [6.07, 6.45) is -0.145. The second-order valence-corrected chi connectivity index (χ2v) is 5.91. The molecule has 1 aromatic rings. The lowest BCUT2D eigenvalue weighted by atomic mass is 10.1. The predicted molar refractivity (Wildman–Crippen MR) is 84.1 cm³/mol. The number of carboxylic acids is 1. The van der Waals surface area contributed by atoms with E-state index in [0.29, 0.717) is 23.6 Å². The molecule has 0 spiro atoms. The van der Waals surface area contributed by atoms with Crippen LogP contribution in [0.5, 0.6) is 0 Å². The number of ether oxygens (including phenoxy) is 1. The van der Waals surface area contributed by atoms with Gasteiger partial charge in [-0.15, -0.1) is 0 Å². The summed E-state index contributed by atoms with van der Waals surface area (Å²) < 4.78 is 5.08. The predicted octanol–water partition coefficient (Wildman–Crippen LogP) is 3.30. The number of carboxylic acid groups (broad SMARTS) is 1. The molecular weight excluding hydrogens is 306 g/mol. The molecule has 0 bridgehead atoms. The van der Waals surface area contributed by atoms with Crippen LogP contribution in [0, 0.1) is 11.8 Å². The van der Waals surface area contributed by atoms with Crippen molar-refractivity contribution in [3.05, 3.63) is 34.3 Å². The molecule has 0 heterocycles. The van der Waals surface area contributed by atoms with E-state index in [1.54, 1.807) is 20.8 Å². The zero-order valence-electron chi connectivity index (χ0n) is 12.7. The van der Waals surface area contributed by atoms with E-state index in [0.717, 1.165) is 0 Å². The lowest BCUT2D eigenvalue weighted by Gasteiger charge is -2.19. The SMILES string of the molecule is CC(C)(C)OC(=O)NCCC#Cc1cc(Cl)ccc1C(=O)O. The maximum Gasteiger partial charge on any atom is 0.407 e. The minimum absolute atomic E-state index is 0.0944. The fourth-order valence-electron chi connectivity index (χ4n) is 1.51. The van der Waals surface area contributed by atoms with E-state index in [-0.39, 0.29) is 5.56 Å². The lowest BCUT2D eigenvalue weighted by molar-refractivity contribution is 0.0528. The van der Waals surface area contributed by atoms with Gasteiger partial charge in [0.25, 0.3) is 0 Å². The minimum Gasteiger partial charge on any atom is -0.478 e. The molecule has 0 fully saturated rings. The molecule has 0 unspecified atom stereocenters. The molecule has 0 aromatic heterocycles. The first-order chi connectivity index (χ1) is 10.2. The first kappa shape index (κ1) is 17.9. The summed E-state index contributed by atoms with van der Waals surface area (Å²) in [5, 5.41) is 12.0. The molecule has 0 saturated carbocycles. The van der Waals surface area contributed by atoms with Crippen molar-refractivity contribution >= 4 is 23.7 Å². The van der Waals surface area contributed by atoms with Gasteiger partial charge in [-0.1, -0.05) is 23.4 Å². The van der Waals surface area contributed by atoms with Crippen molar-refractivity contribution in [3.63, 3.8) is 0 Å². The van der Waals surface area contributed by atoms with Gasteiger partial charge in [-0.3, -0.25) is 0 Å². The summed E-state index contributed by atoms with van der Waals surface area (Å²) >= 11 is 5.83. The number of rotatable bonds is 3. The molecule has 0 radical (unpaired) electrons. The van der Waals surface area contributed by atoms with Crippen LogP contribution >= 0.6 is 11.6 Å². The molecule has 6 heteroatoms. The van der Waals surface area contributed by atoms with Crippen molar-refractivity contribution in [2.45, 2.75) is 32.8 Å². The molecule has 1 rings (SSSR count). The van der Waals surface area contributed by atoms with Gasteiger partial charge in [0.05, 0.1) is 5.56 Å². The van der Waals surface area contributed by atoms with Crippen LogP contribution in [0.25, 0.3) is 0 Å². The van der Waals surface area contributed by atoms with Crippen LogP contribution in [0.4, 0.5) is 4.79 Å². The summed E-state index contributed by atoms with van der Waals surface area (Å²) in [5.41, 5.74) is -0.110. The molecule has 2 N–H and O–H groups in total. The third-order valence-corrected chi connectivity index (χ3v) is 2.59. The summed E-state index contributed by atoms with van der Waals surface area (Å²) in [5.74, 6) is 4.49. The number of alkyl carbamates (subject to hydrolysis) is 1. The Hall–Kier alpha value is -2.19. The summed E-state index contributed by atoms with van der Waals surface area (Å²) in [6, 6.07) is 4.41. The van der Waals surface area contributed by atoms with Crippen molar-refractivity contribution in [1.82, 2.24) is 5.32 Å². The molecule has 0 aliphatic heterocycles. The summed E-state index contributed by atoms with van der Waals surface area (Å²) in [7, 11) is 0. The van der Waals surface area contributed by atoms with E-state index in [4.69, 9.17) is 21.4 Å². The molecule has 0 saturated heterocycles. The molecule has 1 amide bonds. The third kappa shape index (κ3) is 6.51. The van der Waals surface area contributed by atoms with E-state index < -0.39 is 17.7 Å². The molecule has 22 heavy (non-hydrogen) atoms. The summed E-state index contributed by atoms with van der Waals surface area (Å²) in [4.78, 5) is 22.5. The highest BCUT2D eigenvalue weighted by atomic mass is 35.5. The van der Waals surface area contributed by atoms with Crippen LogP contribution in [-0.4, -0.2) is 29.3 Å². The highest BCUT2D eigenvalue weighted by Gasteiger charge is 2.15. The highest BCUT2D eigenvalue weighted by molar-refractivity contribution is 6.30. The Morgan fingerprint density at radius 1 is 1.36 bits per heavy atom. The van der Waals surface area contributed by atoms with Crippen LogP contribution < -0.4 is 5.32 Å². The van der Waals surface area contributed by atoms with Gasteiger partial charge >= 0.3 is 12.1 Å². The average molecular weight is 324 g/mol. The molecule has 5 nitrogen and oxygen atoms in total. The monoisotopic (exact) mass is 323 g/mol. The average Bonchev–Trinajstić information content (AvgIpc) is 2.35. The van der Waals surface area contributed by atoms with Crippen LogP contribution in [-0.2, 0) is 4.74 Å². The van der Waals surface area contributed by atoms with E-state index in [9.17, 15) is 9.59 Å². The molecule has 0 atom stereocenters. The van der Waals surface area contributed by atoms with Crippen molar-refractivity contribution in [3.8, 4) is 11.8 Å². The number of hydrogen-bond acceptors (Lipinski definition) is 3. The van der Waals surface area contributed by atoms with Gasteiger partial charge < -0.3 is 15.2 Å². The Balaban J connectivity index is 2.57. The van der Waals surface area contributed by atoms with Crippen LogP contribution in [0.3, 0.4) is 0 Å². The van der Waals surface area contributed by atoms with Gasteiger partial charge in [0, 0.05) is 23.6 Å². The second kappa shape index (κ2) is 7.71. The highest BCUT2D eigenvalue weighted by Crippen LogP contribution is 2.15. The van der Waals surface area contributed by atoms with E-state index in [2.05, 4.69) is 17.2 Å². The van der Waals surface area contributed by atoms with Crippen molar-refractivity contribution in [2.75, 3.05) is 6.54 Å². The van der Waals surface area contributed by atoms with Gasteiger partial charge in [-0.25, -0.2) is 9.59 Å². The standard InChI is InChI=1S/C16H18ClNO4/c1-16(2,3)22-15(21)18-9-5-4-6-11-10-12(17)7-8-13(11)14(19)20/h7-8,10H,5,9H2,1-3H3,(H,18,21)(H,19,20). The number of amides is 1. The van der Waals surface area contributed by atoms with Crippen molar-refractivity contribution < 1.29 is 19.4 Å². The molecule has 0 aliphatic carbocycles. The van der Waals surface area contributed by atoms with Gasteiger partial charge in [0.1, 0.15) is 5.60 Å². The molecule has 118 valence electrons. The Bertz CT molecular complexity index is 623. The lowest BCUT2D eigenvalue weighted by Crippen LogP contribution is -2.32. The van der Waals surface area contributed by atoms with Crippen molar-refractivity contribution in [1.29, 1.82) is 0 Å². The largest absolute Gasteiger partial charge is 0.478 e. The van der Waals surface area contributed by atoms with Gasteiger partial charge in [-0.05, 0) is 39.0 Å². The number of benzene rings is 1. The summed E-state index contributed by atoms with van der Waals surface area (Å²) in [6.45, 7) is 5.64. The Morgan fingerprint density at radius 3 is 2.64 bits per heavy atom. The van der Waals surface area contributed by atoms with E-state index >= 15 is 0 Å². The van der Waals surface area contributed by atoms with Crippen molar-refractivity contribution in [2.24, 2.45) is 0 Å². The number of aromatic carboxylic acids is 1. The van der Waals surface area contributed by atoms with Gasteiger partial charge in [0.2, 0.25) is 0 Å². The first-order valence-corrected chi connectivity index (χ1v) is 7.05. The van der Waals surface area contributed by atoms with E-state index in [1.165, 1.54) is 18.2 Å². The third-order valence-electron chi connectivity index (χ3n) is 2.35. The zero-order chi connectivity index (χ0) is 16.8. The van der Waals surface area contributed by atoms with E-state index in [1.807, 2.05) is 0 Å². The fourth-order valence-corrected chi connectivity index (χ4v) is 1.68. The number of halogens is 1. The quantitative estimate of drug-likeness (QED) is 0.661. The normalized spacial score (nSPS) is 10.4. The number of carbonyl (C=O) groups excluding carboxylic acids is 1. The van der Waals surface area contributed by atoms with Crippen LogP contribution in [0.2, 0.25) is 5.02 Å². The minimum atomic E-state index is -1.06. The van der Waals surface area contributed by atoms with Crippen LogP contribution in [0.15, 0.2) is 18.2 Å². The number of carbonyl (C=O) groups is 2. The topological polar surface area (TPSA) is 75.6 Å². The second-order valence-electron chi connectivity index (χ2n) is 5.48. The van der Waals surface area contributed by atoms with Gasteiger partial charge in [0.15, 0.2) is 0 Å². The fraction of sp³-hybridized carbons (Fsp3) is 0.375. The molecular formula is C16H18ClNO4. The smallest absolute Gasteiger partial charge is 0.407 e. The number of hydrogen-bond donors (Lipinski definition) is 2. The molecule has 1 aromatic carbocycles. The zero-order valence-corrected chi connectivity index (χ0v) is 13.5. The first-order valence-electron chi connectivity index (χ1n) is 6.67. The Kier molecular flexibility index (Phi) is 6.26. The number of nitrogens with one attached hydrogen (secondary N) is 1. The maximum absolute atomic E-state index is 11.4. The van der Waals surface area contributed by atoms with Gasteiger partial charge in [-0.2, -0.15) is 0 Å². The van der Waals surface area contributed by atoms with Crippen LogP contribution in [0.1, 0.15) is 43.1 Å².